The van der Waals surface area contributed by atoms with E-state index >= 15 is 0 Å². The van der Waals surface area contributed by atoms with E-state index in [0.29, 0.717) is 25.2 Å². The van der Waals surface area contributed by atoms with Crippen LogP contribution < -0.4 is 5.73 Å². The van der Waals surface area contributed by atoms with Crippen molar-refractivity contribution in [2.24, 2.45) is 34.3 Å². The van der Waals surface area contributed by atoms with Gasteiger partial charge < -0.3 is 20.7 Å². The van der Waals surface area contributed by atoms with Gasteiger partial charge in [0.1, 0.15) is 6.10 Å². The van der Waals surface area contributed by atoms with Crippen LogP contribution in [0.3, 0.4) is 0 Å². The third-order valence-electron chi connectivity index (χ3n) is 7.93. The molecule has 0 spiro atoms. The summed E-state index contributed by atoms with van der Waals surface area (Å²) in [6.07, 6.45) is 2.96. The average molecular weight is 370 g/mol. The van der Waals surface area contributed by atoms with E-state index < -0.39 is 23.2 Å². The van der Waals surface area contributed by atoms with Crippen LogP contribution in [0.15, 0.2) is 0 Å². The first kappa shape index (κ1) is 21.5. The normalized spacial score (nSPS) is 43.4. The van der Waals surface area contributed by atoms with Crippen LogP contribution in [-0.2, 0) is 4.74 Å². The number of fused-ring (bicyclic) bond motifs is 1. The summed E-state index contributed by atoms with van der Waals surface area (Å²) in [6, 6.07) is 0. The number of hydrogen-bond acceptors (Lipinski definition) is 4. The van der Waals surface area contributed by atoms with Gasteiger partial charge in [-0.3, -0.25) is 0 Å². The van der Waals surface area contributed by atoms with Crippen molar-refractivity contribution < 1.29 is 19.7 Å². The number of rotatable bonds is 5. The number of aliphatic hydroxyl groups is 2. The van der Waals surface area contributed by atoms with Crippen LogP contribution in [0.2, 0.25) is 0 Å². The highest BCUT2D eigenvalue weighted by atomic mass is 16.6. The Morgan fingerprint density at radius 1 is 1.35 bits per heavy atom. The number of hydrogen-bond donors (Lipinski definition) is 3. The van der Waals surface area contributed by atoms with Gasteiger partial charge in [-0.1, -0.05) is 48.0 Å². The first-order valence-corrected chi connectivity index (χ1v) is 10.3. The highest BCUT2D eigenvalue weighted by Crippen LogP contribution is 2.64. The average Bonchev–Trinajstić information content (AvgIpc) is 2.53. The fourth-order valence-corrected chi connectivity index (χ4v) is 6.09. The Balaban J connectivity index is 2.49. The number of carbonyl (C=O) groups excluding carboxylic acids is 1. The summed E-state index contributed by atoms with van der Waals surface area (Å²) in [5, 5.41) is 23.1. The lowest BCUT2D eigenvalue weighted by Crippen LogP contribution is -2.71. The Morgan fingerprint density at radius 2 is 1.96 bits per heavy atom. The molecule has 1 amide bonds. The molecule has 0 heterocycles. The van der Waals surface area contributed by atoms with Crippen molar-refractivity contribution in [3.05, 3.63) is 0 Å². The monoisotopic (exact) mass is 369 g/mol. The second-order valence-corrected chi connectivity index (χ2v) is 9.89. The predicted octanol–water partition coefficient (Wildman–Crippen LogP) is 3.85. The summed E-state index contributed by atoms with van der Waals surface area (Å²) >= 11 is 0. The summed E-state index contributed by atoms with van der Waals surface area (Å²) in [5.41, 5.74) is 3.47. The molecule has 0 unspecified atom stereocenters. The second-order valence-electron chi connectivity index (χ2n) is 9.89. The molecular weight excluding hydrogens is 330 g/mol. The fourth-order valence-electron chi connectivity index (χ4n) is 6.09. The van der Waals surface area contributed by atoms with Gasteiger partial charge in [-0.2, -0.15) is 0 Å². The minimum Gasteiger partial charge on any atom is -0.446 e. The highest BCUT2D eigenvalue weighted by molar-refractivity contribution is 5.64. The van der Waals surface area contributed by atoms with Crippen molar-refractivity contribution in [1.29, 1.82) is 0 Å². The molecule has 0 aromatic carbocycles. The standard InChI is InChI=1S/C21H39NO4/c1-7-13(2)8-11-21(25)14(3)12-15(26-18(22)24)17-19(4,5)10-9-16(23)20(17,21)6/h13-17,23,25H,7-12H2,1-6H3,(H2,22,24)/t13-,14+,15-,16+,17+,20+,21-/m1/s1. The zero-order valence-corrected chi connectivity index (χ0v) is 17.4. The maximum absolute atomic E-state index is 12.0. The van der Waals surface area contributed by atoms with Gasteiger partial charge in [-0.15, -0.1) is 0 Å². The molecule has 26 heavy (non-hydrogen) atoms. The molecule has 0 radical (unpaired) electrons. The lowest BCUT2D eigenvalue weighted by atomic mass is 9.42. The van der Waals surface area contributed by atoms with Gasteiger partial charge in [0.05, 0.1) is 11.7 Å². The van der Waals surface area contributed by atoms with E-state index in [2.05, 4.69) is 27.7 Å². The van der Waals surface area contributed by atoms with Crippen molar-refractivity contribution in [3.63, 3.8) is 0 Å². The van der Waals surface area contributed by atoms with Gasteiger partial charge in [0.2, 0.25) is 0 Å². The smallest absolute Gasteiger partial charge is 0.404 e. The molecule has 0 aromatic heterocycles. The van der Waals surface area contributed by atoms with Gasteiger partial charge in [0.15, 0.2) is 0 Å². The molecule has 4 N–H and O–H groups in total. The van der Waals surface area contributed by atoms with E-state index in [0.717, 1.165) is 19.3 Å². The molecule has 2 rings (SSSR count). The SMILES string of the molecule is CC[C@@H](C)CC[C@@]1(O)[C@@H](C)C[C@@H](OC(N)=O)[C@H]2C(C)(C)CC[C@H](O)[C@@]21C. The van der Waals surface area contributed by atoms with E-state index in [1.54, 1.807) is 0 Å². The van der Waals surface area contributed by atoms with E-state index in [9.17, 15) is 15.0 Å². The van der Waals surface area contributed by atoms with Gasteiger partial charge in [-0.25, -0.2) is 4.79 Å². The second kappa shape index (κ2) is 7.31. The molecule has 5 heteroatoms. The van der Waals surface area contributed by atoms with Crippen LogP contribution in [0.5, 0.6) is 0 Å². The summed E-state index contributed by atoms with van der Waals surface area (Å²) in [5.74, 6) is 0.312. The van der Waals surface area contributed by atoms with Crippen LogP contribution in [0, 0.1) is 28.6 Å². The molecule has 0 saturated heterocycles. The number of primary amides is 1. The van der Waals surface area contributed by atoms with E-state index in [1.165, 1.54) is 0 Å². The van der Waals surface area contributed by atoms with E-state index in [1.807, 2.05) is 13.8 Å². The minimum atomic E-state index is -0.990. The first-order valence-electron chi connectivity index (χ1n) is 10.3. The third kappa shape index (κ3) is 3.37. The summed E-state index contributed by atoms with van der Waals surface area (Å²) in [7, 11) is 0. The molecule has 0 aromatic rings. The van der Waals surface area contributed by atoms with Gasteiger partial charge in [0, 0.05) is 11.3 Å². The number of carbonyl (C=O) groups is 1. The maximum Gasteiger partial charge on any atom is 0.404 e. The van der Waals surface area contributed by atoms with Crippen LogP contribution in [-0.4, -0.2) is 34.1 Å². The number of aliphatic hydroxyl groups excluding tert-OH is 1. The molecular formula is C21H39NO4. The van der Waals surface area contributed by atoms with E-state index in [4.69, 9.17) is 10.5 Å². The summed E-state index contributed by atoms with van der Waals surface area (Å²) in [4.78, 5) is 11.5. The molecule has 0 bridgehead atoms. The molecule has 2 fully saturated rings. The van der Waals surface area contributed by atoms with Crippen LogP contribution in [0.1, 0.15) is 80.1 Å². The third-order valence-corrected chi connectivity index (χ3v) is 7.93. The molecule has 152 valence electrons. The predicted molar refractivity (Wildman–Crippen MR) is 102 cm³/mol. The molecule has 5 nitrogen and oxygen atoms in total. The van der Waals surface area contributed by atoms with Crippen LogP contribution in [0.25, 0.3) is 0 Å². The first-order chi connectivity index (χ1) is 11.9. The highest BCUT2D eigenvalue weighted by Gasteiger charge is 2.68. The fraction of sp³-hybridized carbons (Fsp3) is 0.952. The lowest BCUT2D eigenvalue weighted by Gasteiger charge is -2.66. The van der Waals surface area contributed by atoms with Crippen LogP contribution in [0.4, 0.5) is 4.79 Å². The molecule has 7 atom stereocenters. The minimum absolute atomic E-state index is 0.0827. The topological polar surface area (TPSA) is 92.8 Å². The Bertz CT molecular complexity index is 522. The molecule has 2 aliphatic carbocycles. The van der Waals surface area contributed by atoms with Crippen LogP contribution >= 0.6 is 0 Å². The quantitative estimate of drug-likeness (QED) is 0.686. The Labute approximate surface area is 158 Å². The van der Waals surface area contributed by atoms with Crippen molar-refractivity contribution in [3.8, 4) is 0 Å². The van der Waals surface area contributed by atoms with Crippen molar-refractivity contribution in [2.75, 3.05) is 0 Å². The van der Waals surface area contributed by atoms with Gasteiger partial charge >= 0.3 is 6.09 Å². The zero-order valence-electron chi connectivity index (χ0n) is 17.4. The maximum atomic E-state index is 12.0. The summed E-state index contributed by atoms with van der Waals surface area (Å²) in [6.45, 7) is 12.7. The number of ether oxygens (including phenoxy) is 1. The lowest BCUT2D eigenvalue weighted by molar-refractivity contribution is -0.278. The van der Waals surface area contributed by atoms with E-state index in [-0.39, 0.29) is 23.4 Å². The van der Waals surface area contributed by atoms with Crippen molar-refractivity contribution >= 4 is 6.09 Å². The molecule has 2 saturated carbocycles. The van der Waals surface area contributed by atoms with Crippen molar-refractivity contribution in [2.45, 2.75) is 97.9 Å². The molecule has 2 aliphatic rings. The number of amides is 1. The van der Waals surface area contributed by atoms with Gasteiger partial charge in [-0.05, 0) is 49.4 Å². The Hall–Kier alpha value is -0.810. The number of nitrogens with two attached hydrogens (primary N) is 1. The molecule has 0 aliphatic heterocycles. The van der Waals surface area contributed by atoms with Gasteiger partial charge in [0.25, 0.3) is 0 Å². The Kier molecular flexibility index (Phi) is 6.04. The zero-order chi connectivity index (χ0) is 19.9. The summed E-state index contributed by atoms with van der Waals surface area (Å²) < 4.78 is 5.54. The largest absolute Gasteiger partial charge is 0.446 e. The Morgan fingerprint density at radius 3 is 2.50 bits per heavy atom. The van der Waals surface area contributed by atoms with Crippen molar-refractivity contribution in [1.82, 2.24) is 0 Å².